The Morgan fingerprint density at radius 1 is 1.09 bits per heavy atom. The van der Waals surface area contributed by atoms with Crippen molar-refractivity contribution in [3.63, 3.8) is 0 Å². The number of nitrogen functional groups attached to an aromatic ring is 1. The summed E-state index contributed by atoms with van der Waals surface area (Å²) in [7, 11) is -2.31. The summed E-state index contributed by atoms with van der Waals surface area (Å²) in [5.74, 6) is 1.21. The molecule has 0 spiro atoms. The Labute approximate surface area is 194 Å². The number of pyridine rings is 1. The summed E-state index contributed by atoms with van der Waals surface area (Å²) in [4.78, 5) is 4.33. The summed E-state index contributed by atoms with van der Waals surface area (Å²) in [5, 5.41) is 0. The molecule has 6 nitrogen and oxygen atoms in total. The van der Waals surface area contributed by atoms with Crippen molar-refractivity contribution >= 4 is 21.2 Å². The highest BCUT2D eigenvalue weighted by Gasteiger charge is 2.17. The van der Waals surface area contributed by atoms with Gasteiger partial charge in [0.1, 0.15) is 11.6 Å². The van der Waals surface area contributed by atoms with E-state index in [1.807, 2.05) is 31.2 Å². The molecule has 1 atom stereocenters. The molecular formula is C25H28FN3O3S. The van der Waals surface area contributed by atoms with Crippen LogP contribution in [0.1, 0.15) is 30.4 Å². The van der Waals surface area contributed by atoms with E-state index in [1.54, 1.807) is 24.8 Å². The minimum absolute atomic E-state index is 0.0328. The Balaban J connectivity index is 1.79. The second-order valence-corrected chi connectivity index (χ2v) is 11.1. The topological polar surface area (TPSA) is 86.8 Å². The van der Waals surface area contributed by atoms with Gasteiger partial charge in [-0.15, -0.1) is 0 Å². The smallest absolute Gasteiger partial charge is 0.166 e. The Morgan fingerprint density at radius 2 is 1.88 bits per heavy atom. The van der Waals surface area contributed by atoms with Crippen molar-refractivity contribution < 1.29 is 18.1 Å². The quantitative estimate of drug-likeness (QED) is 0.520. The van der Waals surface area contributed by atoms with E-state index in [2.05, 4.69) is 9.35 Å². The van der Waals surface area contributed by atoms with Crippen LogP contribution in [0.4, 0.5) is 15.9 Å². The van der Waals surface area contributed by atoms with Crippen LogP contribution in [-0.2, 0) is 16.1 Å². The lowest BCUT2D eigenvalue weighted by atomic mass is 9.96. The number of rotatable bonds is 1. The predicted molar refractivity (Wildman–Crippen MR) is 130 cm³/mol. The average Bonchev–Trinajstić information content (AvgIpc) is 2.75. The Bertz CT molecular complexity index is 1290. The van der Waals surface area contributed by atoms with E-state index in [0.717, 1.165) is 22.3 Å². The molecule has 0 amide bonds. The molecule has 0 saturated heterocycles. The lowest BCUT2D eigenvalue weighted by Crippen LogP contribution is -2.10. The van der Waals surface area contributed by atoms with Crippen molar-refractivity contribution in [2.24, 2.45) is 4.36 Å². The first-order valence-corrected chi connectivity index (χ1v) is 13.1. The number of aromatic nitrogens is 1. The number of ether oxygens (including phenoxy) is 2. The first-order chi connectivity index (χ1) is 15.7. The number of nitrogens with zero attached hydrogens (tertiary/aromatic N) is 2. The van der Waals surface area contributed by atoms with Crippen LogP contribution in [0, 0.1) is 5.82 Å². The van der Waals surface area contributed by atoms with Gasteiger partial charge in [0, 0.05) is 40.4 Å². The fourth-order valence-corrected chi connectivity index (χ4v) is 4.51. The Morgan fingerprint density at radius 3 is 2.67 bits per heavy atom. The largest absolute Gasteiger partial charge is 0.493 e. The predicted octanol–water partition coefficient (Wildman–Crippen LogP) is 5.34. The molecule has 1 aliphatic rings. The van der Waals surface area contributed by atoms with Crippen LogP contribution in [-0.4, -0.2) is 34.9 Å². The zero-order chi connectivity index (χ0) is 23.6. The van der Waals surface area contributed by atoms with Crippen molar-refractivity contribution in [1.29, 1.82) is 0 Å². The lowest BCUT2D eigenvalue weighted by molar-refractivity contribution is 0.293. The molecule has 1 aliphatic heterocycles. The highest BCUT2D eigenvalue weighted by molar-refractivity contribution is 7.92. The Hall–Kier alpha value is -3.13. The third kappa shape index (κ3) is 5.63. The van der Waals surface area contributed by atoms with Gasteiger partial charge in [0.15, 0.2) is 11.6 Å². The van der Waals surface area contributed by atoms with Crippen molar-refractivity contribution in [3.8, 4) is 22.6 Å². The van der Waals surface area contributed by atoms with Gasteiger partial charge in [0.05, 0.1) is 18.9 Å². The second kappa shape index (κ2) is 9.39. The van der Waals surface area contributed by atoms with Crippen LogP contribution in [0.3, 0.4) is 0 Å². The highest BCUT2D eigenvalue weighted by atomic mass is 32.2. The zero-order valence-corrected chi connectivity index (χ0v) is 19.8. The van der Waals surface area contributed by atoms with Crippen molar-refractivity contribution in [2.75, 3.05) is 31.5 Å². The molecule has 0 aliphatic carbocycles. The van der Waals surface area contributed by atoms with Crippen LogP contribution in [0.2, 0.25) is 0 Å². The molecule has 2 heterocycles. The molecule has 4 rings (SSSR count). The average molecular weight is 470 g/mol. The molecule has 1 aromatic heterocycles. The normalized spacial score (nSPS) is 16.4. The summed E-state index contributed by atoms with van der Waals surface area (Å²) in [5.41, 5.74) is 10.2. The molecule has 0 radical (unpaired) electrons. The molecule has 33 heavy (non-hydrogen) atoms. The molecule has 2 aromatic carbocycles. The molecule has 0 saturated carbocycles. The third-order valence-corrected chi connectivity index (χ3v) is 6.20. The first kappa shape index (κ1) is 23.0. The monoisotopic (exact) mass is 469 g/mol. The fourth-order valence-electron chi connectivity index (χ4n) is 3.89. The number of nitrogens with two attached hydrogens (primary N) is 1. The lowest BCUT2D eigenvalue weighted by Gasteiger charge is -2.20. The molecule has 0 fully saturated rings. The molecule has 174 valence electrons. The van der Waals surface area contributed by atoms with Crippen LogP contribution in [0.15, 0.2) is 53.0 Å². The summed E-state index contributed by atoms with van der Waals surface area (Å²) in [6, 6.07) is 12.2. The van der Waals surface area contributed by atoms with Gasteiger partial charge in [0.25, 0.3) is 0 Å². The van der Waals surface area contributed by atoms with Gasteiger partial charge in [-0.1, -0.05) is 13.0 Å². The standard InChI is InChI=1S/C25H28FN3O3S/c1-16-8-10-32-24-12-18(15-28-25(24)27)22-14-20(29-33(2,3)30)6-4-17(22)9-11-31-23-7-5-19(26)13-21(16)23/h4-7,12-16H,8-11H2,1-3H3,(H2,27,28)/t16-/m0/s1. The van der Waals surface area contributed by atoms with Crippen LogP contribution >= 0.6 is 0 Å². The van der Waals surface area contributed by atoms with E-state index in [1.165, 1.54) is 12.1 Å². The maximum absolute atomic E-state index is 14.0. The van der Waals surface area contributed by atoms with Gasteiger partial charge in [-0.05, 0) is 65.4 Å². The van der Waals surface area contributed by atoms with Gasteiger partial charge >= 0.3 is 0 Å². The van der Waals surface area contributed by atoms with E-state index in [-0.39, 0.29) is 11.7 Å². The maximum Gasteiger partial charge on any atom is 0.166 e. The fraction of sp³-hybridized carbons (Fsp3) is 0.320. The van der Waals surface area contributed by atoms with Gasteiger partial charge in [-0.3, -0.25) is 0 Å². The molecule has 0 unspecified atom stereocenters. The summed E-state index contributed by atoms with van der Waals surface area (Å²) in [6.07, 6.45) is 6.17. The molecule has 2 bridgehead atoms. The zero-order valence-electron chi connectivity index (χ0n) is 19.0. The molecule has 8 heteroatoms. The number of hydrogen-bond acceptors (Lipinski definition) is 6. The highest BCUT2D eigenvalue weighted by Crippen LogP contribution is 2.35. The number of fused-ring (bicyclic) bond motifs is 5. The van der Waals surface area contributed by atoms with Gasteiger partial charge in [-0.25, -0.2) is 13.6 Å². The van der Waals surface area contributed by atoms with Crippen LogP contribution in [0.25, 0.3) is 11.1 Å². The van der Waals surface area contributed by atoms with Crippen molar-refractivity contribution in [3.05, 3.63) is 65.6 Å². The summed E-state index contributed by atoms with van der Waals surface area (Å²) < 4.78 is 42.6. The SMILES string of the molecule is C[C@H]1CCOc2cc(cnc2N)-c2cc(N=S(C)(C)=O)ccc2CCOc2ccc(F)cc21. The third-order valence-electron chi connectivity index (χ3n) is 5.55. The summed E-state index contributed by atoms with van der Waals surface area (Å²) in [6.45, 7) is 2.83. The number of hydrogen-bond donors (Lipinski definition) is 1. The van der Waals surface area contributed by atoms with Crippen LogP contribution < -0.4 is 15.2 Å². The molecule has 2 N–H and O–H groups in total. The second-order valence-electron chi connectivity index (χ2n) is 8.54. The minimum Gasteiger partial charge on any atom is -0.493 e. The van der Waals surface area contributed by atoms with Crippen LogP contribution in [0.5, 0.6) is 11.5 Å². The number of halogens is 1. The summed E-state index contributed by atoms with van der Waals surface area (Å²) >= 11 is 0. The number of anilines is 1. The minimum atomic E-state index is -2.31. The van der Waals surface area contributed by atoms with Gasteiger partial charge in [-0.2, -0.15) is 4.36 Å². The number of benzene rings is 2. The van der Waals surface area contributed by atoms with E-state index in [0.29, 0.717) is 49.1 Å². The van der Waals surface area contributed by atoms with Gasteiger partial charge < -0.3 is 15.2 Å². The van der Waals surface area contributed by atoms with Gasteiger partial charge in [0.2, 0.25) is 0 Å². The maximum atomic E-state index is 14.0. The van der Waals surface area contributed by atoms with E-state index in [9.17, 15) is 8.60 Å². The van der Waals surface area contributed by atoms with E-state index < -0.39 is 9.73 Å². The van der Waals surface area contributed by atoms with E-state index in [4.69, 9.17) is 15.2 Å². The Kier molecular flexibility index (Phi) is 6.56. The first-order valence-electron chi connectivity index (χ1n) is 10.8. The molecular weight excluding hydrogens is 441 g/mol. The van der Waals surface area contributed by atoms with Crippen molar-refractivity contribution in [2.45, 2.75) is 25.7 Å². The van der Waals surface area contributed by atoms with Crippen molar-refractivity contribution in [1.82, 2.24) is 4.98 Å². The van der Waals surface area contributed by atoms with E-state index >= 15 is 0 Å². The molecule has 3 aromatic rings.